The molecule has 1 atom stereocenters. The SMILES string of the molecule is C=C(SC(=C)c1cccc2c1CC[C@H]2OC)c1ccc(OC(C)C)c(C#N)c1. The van der Waals surface area contributed by atoms with Gasteiger partial charge in [-0.25, -0.2) is 0 Å². The van der Waals surface area contributed by atoms with Crippen LogP contribution >= 0.6 is 11.8 Å². The minimum atomic E-state index is 0.0198. The van der Waals surface area contributed by atoms with Gasteiger partial charge in [0.05, 0.1) is 17.8 Å². The van der Waals surface area contributed by atoms with E-state index in [1.807, 2.05) is 32.0 Å². The van der Waals surface area contributed by atoms with Crippen LogP contribution < -0.4 is 4.74 Å². The van der Waals surface area contributed by atoms with Crippen LogP contribution in [0.15, 0.2) is 49.6 Å². The second kappa shape index (κ2) is 8.68. The number of rotatable bonds is 7. The molecule has 0 spiro atoms. The number of benzene rings is 2. The van der Waals surface area contributed by atoms with Crippen molar-refractivity contribution in [3.8, 4) is 11.8 Å². The van der Waals surface area contributed by atoms with E-state index in [-0.39, 0.29) is 12.2 Å². The molecule has 2 aromatic carbocycles. The zero-order chi connectivity index (χ0) is 20.3. The summed E-state index contributed by atoms with van der Waals surface area (Å²) in [5.41, 5.74) is 5.15. The van der Waals surface area contributed by atoms with E-state index in [2.05, 4.69) is 37.4 Å². The van der Waals surface area contributed by atoms with Crippen LogP contribution in [-0.4, -0.2) is 13.2 Å². The monoisotopic (exact) mass is 391 g/mol. The second-order valence-electron chi connectivity index (χ2n) is 7.07. The van der Waals surface area contributed by atoms with Crippen LogP contribution in [0.1, 0.15) is 54.2 Å². The largest absolute Gasteiger partial charge is 0.490 e. The van der Waals surface area contributed by atoms with Gasteiger partial charge in [0, 0.05) is 16.9 Å². The molecule has 3 rings (SSSR count). The fourth-order valence-electron chi connectivity index (χ4n) is 3.53. The van der Waals surface area contributed by atoms with E-state index in [1.165, 1.54) is 22.9 Å². The van der Waals surface area contributed by atoms with Gasteiger partial charge in [0.1, 0.15) is 11.8 Å². The number of hydrogen-bond donors (Lipinski definition) is 0. The summed E-state index contributed by atoms with van der Waals surface area (Å²) in [4.78, 5) is 1.82. The fraction of sp³-hybridized carbons (Fsp3) is 0.292. The predicted octanol–water partition coefficient (Wildman–Crippen LogP) is 6.35. The van der Waals surface area contributed by atoms with Crippen molar-refractivity contribution in [2.24, 2.45) is 0 Å². The van der Waals surface area contributed by atoms with E-state index in [4.69, 9.17) is 9.47 Å². The summed E-state index contributed by atoms with van der Waals surface area (Å²) >= 11 is 1.54. The maximum atomic E-state index is 9.46. The van der Waals surface area contributed by atoms with Crippen molar-refractivity contribution in [1.29, 1.82) is 5.26 Å². The van der Waals surface area contributed by atoms with Crippen molar-refractivity contribution in [3.05, 3.63) is 77.4 Å². The zero-order valence-corrected chi connectivity index (χ0v) is 17.4. The topological polar surface area (TPSA) is 42.2 Å². The van der Waals surface area contributed by atoms with Crippen LogP contribution in [0.2, 0.25) is 0 Å². The highest BCUT2D eigenvalue weighted by molar-refractivity contribution is 8.16. The van der Waals surface area contributed by atoms with Crippen molar-refractivity contribution < 1.29 is 9.47 Å². The standard InChI is InChI=1S/C24H25NO2S/c1-15(2)27-23-11-9-18(13-19(23)14-25)16(3)28-17(4)20-7-6-8-22-21(20)10-12-24(22)26-5/h6-9,11,13,15,24H,3-4,10,12H2,1-2,5H3/t24-/m1/s1. The highest BCUT2D eigenvalue weighted by Crippen LogP contribution is 2.43. The number of nitriles is 1. The third kappa shape index (κ3) is 4.16. The number of fused-ring (bicyclic) bond motifs is 1. The minimum absolute atomic E-state index is 0.0198. The lowest BCUT2D eigenvalue weighted by atomic mass is 10.0. The van der Waals surface area contributed by atoms with Crippen molar-refractivity contribution in [3.63, 3.8) is 0 Å². The molecule has 0 N–H and O–H groups in total. The summed E-state index contributed by atoms with van der Waals surface area (Å²) in [6, 6.07) is 14.1. The zero-order valence-electron chi connectivity index (χ0n) is 16.6. The molecule has 0 aromatic heterocycles. The van der Waals surface area contributed by atoms with Crippen LogP contribution in [0.4, 0.5) is 0 Å². The van der Waals surface area contributed by atoms with Crippen LogP contribution in [0.3, 0.4) is 0 Å². The normalized spacial score (nSPS) is 15.2. The molecular formula is C24H25NO2S. The molecule has 0 saturated heterocycles. The van der Waals surface area contributed by atoms with Gasteiger partial charge in [-0.2, -0.15) is 5.26 Å². The quantitative estimate of drug-likeness (QED) is 0.551. The Bertz CT molecular complexity index is 956. The molecule has 0 amide bonds. The molecule has 1 aliphatic rings. The molecular weight excluding hydrogens is 366 g/mol. The van der Waals surface area contributed by atoms with Gasteiger partial charge < -0.3 is 9.47 Å². The van der Waals surface area contributed by atoms with E-state index in [9.17, 15) is 5.26 Å². The molecule has 28 heavy (non-hydrogen) atoms. The van der Waals surface area contributed by atoms with Crippen molar-refractivity contribution in [2.45, 2.75) is 38.9 Å². The fourth-order valence-corrected chi connectivity index (χ4v) is 4.38. The molecule has 2 aromatic rings. The number of methoxy groups -OCH3 is 1. The van der Waals surface area contributed by atoms with E-state index in [0.29, 0.717) is 11.3 Å². The molecule has 0 heterocycles. The highest BCUT2D eigenvalue weighted by Gasteiger charge is 2.25. The Balaban J connectivity index is 1.80. The Labute approximate surface area is 171 Å². The number of thioether (sulfide) groups is 1. The van der Waals surface area contributed by atoms with Gasteiger partial charge >= 0.3 is 0 Å². The molecule has 0 bridgehead atoms. The average Bonchev–Trinajstić information content (AvgIpc) is 3.10. The lowest BCUT2D eigenvalue weighted by Crippen LogP contribution is -2.06. The van der Waals surface area contributed by atoms with Gasteiger partial charge in [0.15, 0.2) is 0 Å². The molecule has 0 saturated carbocycles. The summed E-state index contributed by atoms with van der Waals surface area (Å²) < 4.78 is 11.3. The van der Waals surface area contributed by atoms with Crippen molar-refractivity contribution >= 4 is 21.6 Å². The van der Waals surface area contributed by atoms with Gasteiger partial charge in [0.2, 0.25) is 0 Å². The molecule has 0 radical (unpaired) electrons. The van der Waals surface area contributed by atoms with Gasteiger partial charge in [-0.1, -0.05) is 49.2 Å². The van der Waals surface area contributed by atoms with Gasteiger partial charge in [-0.3, -0.25) is 0 Å². The maximum Gasteiger partial charge on any atom is 0.137 e. The van der Waals surface area contributed by atoms with Crippen molar-refractivity contribution in [1.82, 2.24) is 0 Å². The summed E-state index contributed by atoms with van der Waals surface area (Å²) in [5, 5.41) is 9.46. The average molecular weight is 392 g/mol. The lowest BCUT2D eigenvalue weighted by Gasteiger charge is -2.15. The second-order valence-corrected chi connectivity index (χ2v) is 8.26. The minimum Gasteiger partial charge on any atom is -0.490 e. The Morgan fingerprint density at radius 3 is 2.68 bits per heavy atom. The first-order valence-corrected chi connectivity index (χ1v) is 10.2. The Morgan fingerprint density at radius 1 is 1.21 bits per heavy atom. The van der Waals surface area contributed by atoms with Crippen LogP contribution in [-0.2, 0) is 11.2 Å². The van der Waals surface area contributed by atoms with Crippen molar-refractivity contribution in [2.75, 3.05) is 7.11 Å². The molecule has 144 valence electrons. The summed E-state index contributed by atoms with van der Waals surface area (Å²) in [6.45, 7) is 12.4. The van der Waals surface area contributed by atoms with E-state index >= 15 is 0 Å². The predicted molar refractivity (Wildman–Crippen MR) is 117 cm³/mol. The Morgan fingerprint density at radius 2 is 2.00 bits per heavy atom. The van der Waals surface area contributed by atoms with Gasteiger partial charge in [-0.05, 0) is 61.1 Å². The number of hydrogen-bond acceptors (Lipinski definition) is 4. The summed E-state index contributed by atoms with van der Waals surface area (Å²) in [6.07, 6.45) is 2.19. The summed E-state index contributed by atoms with van der Waals surface area (Å²) in [5.74, 6) is 0.601. The molecule has 1 aliphatic carbocycles. The third-order valence-corrected chi connectivity index (χ3v) is 5.78. The van der Waals surface area contributed by atoms with Crippen LogP contribution in [0.25, 0.3) is 9.81 Å². The lowest BCUT2D eigenvalue weighted by molar-refractivity contribution is 0.105. The van der Waals surface area contributed by atoms with E-state index < -0.39 is 0 Å². The first-order chi connectivity index (χ1) is 13.4. The first kappa shape index (κ1) is 20.3. The number of ether oxygens (including phenoxy) is 2. The molecule has 0 unspecified atom stereocenters. The van der Waals surface area contributed by atoms with Gasteiger partial charge in [0.25, 0.3) is 0 Å². The van der Waals surface area contributed by atoms with E-state index in [0.717, 1.165) is 33.8 Å². The molecule has 0 aliphatic heterocycles. The highest BCUT2D eigenvalue weighted by atomic mass is 32.2. The Kier molecular flexibility index (Phi) is 6.28. The third-order valence-electron chi connectivity index (χ3n) is 4.83. The number of nitrogens with zero attached hydrogens (tertiary/aromatic N) is 1. The molecule has 3 nitrogen and oxygen atoms in total. The smallest absolute Gasteiger partial charge is 0.137 e. The van der Waals surface area contributed by atoms with Gasteiger partial charge in [-0.15, -0.1) is 0 Å². The first-order valence-electron chi connectivity index (χ1n) is 9.36. The van der Waals surface area contributed by atoms with Crippen LogP contribution in [0.5, 0.6) is 5.75 Å². The van der Waals surface area contributed by atoms with Crippen LogP contribution in [0, 0.1) is 11.3 Å². The molecule has 0 fully saturated rings. The molecule has 4 heteroatoms. The maximum absolute atomic E-state index is 9.46. The van der Waals surface area contributed by atoms with E-state index in [1.54, 1.807) is 7.11 Å². The Hall–Kier alpha value is -2.48. The summed E-state index contributed by atoms with van der Waals surface area (Å²) in [7, 11) is 1.76.